The minimum Gasteiger partial charge on any atom is -0.461 e. The number of hydrogen-bond acceptors (Lipinski definition) is 4. The first kappa shape index (κ1) is 10.3. The third kappa shape index (κ3) is 1.66. The Hall–Kier alpha value is -0.870. The number of rotatable bonds is 1. The molecule has 1 saturated heterocycles. The Labute approximate surface area is 99.0 Å². The van der Waals surface area contributed by atoms with E-state index in [0.717, 1.165) is 25.9 Å². The molecule has 0 aromatic carbocycles. The van der Waals surface area contributed by atoms with Crippen LogP contribution >= 0.6 is 11.3 Å². The molecule has 4 heteroatoms. The Bertz CT molecular complexity index is 415. The lowest BCUT2D eigenvalue weighted by atomic mass is 10.1. The van der Waals surface area contributed by atoms with Crippen LogP contribution in [0.25, 0.3) is 0 Å². The van der Waals surface area contributed by atoms with Crippen LogP contribution in [0.4, 0.5) is 0 Å². The average Bonchev–Trinajstić information content (AvgIpc) is 2.83. The largest absolute Gasteiger partial charge is 0.461 e. The van der Waals surface area contributed by atoms with Crippen molar-refractivity contribution in [2.75, 3.05) is 6.54 Å². The van der Waals surface area contributed by atoms with Gasteiger partial charge in [-0.3, -0.25) is 9.69 Å². The number of fused-ring (bicyclic) bond motifs is 1. The molecule has 2 aliphatic heterocycles. The van der Waals surface area contributed by atoms with E-state index in [9.17, 15) is 4.79 Å². The zero-order chi connectivity index (χ0) is 11.1. The smallest absolute Gasteiger partial charge is 0.323 e. The van der Waals surface area contributed by atoms with E-state index in [-0.39, 0.29) is 18.1 Å². The van der Waals surface area contributed by atoms with Gasteiger partial charge in [-0.15, -0.1) is 11.3 Å². The Morgan fingerprint density at radius 1 is 1.56 bits per heavy atom. The molecule has 16 heavy (non-hydrogen) atoms. The maximum atomic E-state index is 11.7. The van der Waals surface area contributed by atoms with E-state index in [1.165, 1.54) is 10.4 Å². The molecule has 0 spiro atoms. The van der Waals surface area contributed by atoms with E-state index >= 15 is 0 Å². The van der Waals surface area contributed by atoms with Crippen molar-refractivity contribution in [2.45, 2.75) is 38.5 Å². The number of thiophene rings is 1. The molecule has 0 N–H and O–H groups in total. The maximum absolute atomic E-state index is 11.7. The molecule has 2 aliphatic rings. The molecule has 0 radical (unpaired) electrons. The molecule has 1 aromatic heterocycles. The van der Waals surface area contributed by atoms with Gasteiger partial charge in [0.25, 0.3) is 0 Å². The van der Waals surface area contributed by atoms with Gasteiger partial charge < -0.3 is 4.74 Å². The van der Waals surface area contributed by atoms with Crippen molar-refractivity contribution in [3.8, 4) is 0 Å². The lowest BCUT2D eigenvalue weighted by Crippen LogP contribution is -2.41. The Balaban J connectivity index is 1.76. The molecule has 1 fully saturated rings. The van der Waals surface area contributed by atoms with Gasteiger partial charge in [-0.1, -0.05) is 0 Å². The summed E-state index contributed by atoms with van der Waals surface area (Å²) < 4.78 is 5.22. The number of ether oxygens (including phenoxy) is 1. The number of carbonyl (C=O) groups excluding carboxylic acids is 1. The summed E-state index contributed by atoms with van der Waals surface area (Å²) in [5.74, 6) is -0.0359. The van der Waals surface area contributed by atoms with Crippen molar-refractivity contribution in [1.29, 1.82) is 0 Å². The molecule has 1 aromatic rings. The third-order valence-electron chi connectivity index (χ3n) is 3.42. The van der Waals surface area contributed by atoms with Gasteiger partial charge >= 0.3 is 5.97 Å². The highest BCUT2D eigenvalue weighted by molar-refractivity contribution is 7.10. The first-order chi connectivity index (χ1) is 7.74. The number of hydrogen-bond donors (Lipinski definition) is 0. The molecule has 0 amide bonds. The predicted molar refractivity (Wildman–Crippen MR) is 62.4 cm³/mol. The van der Waals surface area contributed by atoms with Crippen LogP contribution in [-0.2, 0) is 22.5 Å². The van der Waals surface area contributed by atoms with Crippen LogP contribution in [0.3, 0.4) is 0 Å². The summed E-state index contributed by atoms with van der Waals surface area (Å²) in [6.07, 6.45) is 2.00. The van der Waals surface area contributed by atoms with E-state index in [1.54, 1.807) is 0 Å². The van der Waals surface area contributed by atoms with Gasteiger partial charge in [0.05, 0.1) is 0 Å². The fraction of sp³-hybridized carbons (Fsp3) is 0.583. The summed E-state index contributed by atoms with van der Waals surface area (Å²) in [6, 6.07) is 2.17. The first-order valence-electron chi connectivity index (χ1n) is 5.74. The topological polar surface area (TPSA) is 29.5 Å². The van der Waals surface area contributed by atoms with Crippen LogP contribution in [-0.4, -0.2) is 29.6 Å². The molecule has 0 aliphatic carbocycles. The van der Waals surface area contributed by atoms with Gasteiger partial charge in [-0.2, -0.15) is 0 Å². The molecule has 0 bridgehead atoms. The summed E-state index contributed by atoms with van der Waals surface area (Å²) >= 11 is 1.83. The summed E-state index contributed by atoms with van der Waals surface area (Å²) in [7, 11) is 0. The maximum Gasteiger partial charge on any atom is 0.323 e. The van der Waals surface area contributed by atoms with E-state index in [2.05, 4.69) is 16.3 Å². The molecule has 3 nitrogen and oxygen atoms in total. The average molecular weight is 237 g/mol. The van der Waals surface area contributed by atoms with Crippen LogP contribution in [0, 0.1) is 0 Å². The lowest BCUT2D eigenvalue weighted by Gasteiger charge is -2.29. The van der Waals surface area contributed by atoms with E-state index in [1.807, 2.05) is 18.3 Å². The van der Waals surface area contributed by atoms with Gasteiger partial charge in [0.15, 0.2) is 0 Å². The summed E-state index contributed by atoms with van der Waals surface area (Å²) in [5.41, 5.74) is 1.39. The van der Waals surface area contributed by atoms with Gasteiger partial charge in [-0.05, 0) is 30.4 Å². The molecule has 3 rings (SSSR count). The zero-order valence-electron chi connectivity index (χ0n) is 9.31. The second-order valence-electron chi connectivity index (χ2n) is 4.59. The van der Waals surface area contributed by atoms with Crippen LogP contribution in [0.1, 0.15) is 23.8 Å². The third-order valence-corrected chi connectivity index (χ3v) is 4.45. The van der Waals surface area contributed by atoms with Gasteiger partial charge in [0.2, 0.25) is 0 Å². The highest BCUT2D eigenvalue weighted by Gasteiger charge is 2.37. The van der Waals surface area contributed by atoms with Crippen LogP contribution < -0.4 is 0 Å². The van der Waals surface area contributed by atoms with Crippen molar-refractivity contribution in [2.24, 2.45) is 0 Å². The highest BCUT2D eigenvalue weighted by Crippen LogP contribution is 2.28. The molecule has 2 atom stereocenters. The van der Waals surface area contributed by atoms with E-state index < -0.39 is 0 Å². The standard InChI is InChI=1S/C12H15NO2S/c1-8-6-10(12(14)15-8)13-4-2-11-9(7-13)3-5-16-11/h3,5,8,10H,2,4,6-7H2,1H3/t8-,10+/m1/s1. The molecule has 0 saturated carbocycles. The normalized spacial score (nSPS) is 30.2. The van der Waals surface area contributed by atoms with Gasteiger partial charge in [0, 0.05) is 24.4 Å². The SMILES string of the molecule is C[C@@H]1C[C@H](N2CCc3sccc3C2)C(=O)O1. The van der Waals surface area contributed by atoms with Crippen molar-refractivity contribution in [1.82, 2.24) is 4.90 Å². The molecular formula is C12H15NO2S. The fourth-order valence-electron chi connectivity index (χ4n) is 2.57. The lowest BCUT2D eigenvalue weighted by molar-refractivity contribution is -0.145. The van der Waals surface area contributed by atoms with E-state index in [0.29, 0.717) is 0 Å². The molecule has 86 valence electrons. The van der Waals surface area contributed by atoms with Crippen molar-refractivity contribution in [3.63, 3.8) is 0 Å². The van der Waals surface area contributed by atoms with E-state index in [4.69, 9.17) is 4.74 Å². The zero-order valence-corrected chi connectivity index (χ0v) is 10.1. The van der Waals surface area contributed by atoms with Gasteiger partial charge in [-0.25, -0.2) is 0 Å². The predicted octanol–water partition coefficient (Wildman–Crippen LogP) is 1.81. The minimum atomic E-state index is -0.0359. The number of carbonyl (C=O) groups is 1. The second-order valence-corrected chi connectivity index (χ2v) is 5.59. The molecule has 3 heterocycles. The number of cyclic esters (lactones) is 1. The first-order valence-corrected chi connectivity index (χ1v) is 6.62. The molecule has 0 unspecified atom stereocenters. The number of nitrogens with zero attached hydrogens (tertiary/aromatic N) is 1. The van der Waals surface area contributed by atoms with Crippen molar-refractivity contribution >= 4 is 17.3 Å². The van der Waals surface area contributed by atoms with Crippen LogP contribution in [0.15, 0.2) is 11.4 Å². The fourth-order valence-corrected chi connectivity index (χ4v) is 3.46. The summed E-state index contributed by atoms with van der Waals surface area (Å²) in [5, 5.41) is 2.14. The monoisotopic (exact) mass is 237 g/mol. The minimum absolute atomic E-state index is 0.0111. The van der Waals surface area contributed by atoms with Crippen molar-refractivity contribution in [3.05, 3.63) is 21.9 Å². The Morgan fingerprint density at radius 3 is 3.19 bits per heavy atom. The highest BCUT2D eigenvalue weighted by atomic mass is 32.1. The van der Waals surface area contributed by atoms with Crippen LogP contribution in [0.2, 0.25) is 0 Å². The summed E-state index contributed by atoms with van der Waals surface area (Å²) in [6.45, 7) is 3.86. The van der Waals surface area contributed by atoms with Crippen molar-refractivity contribution < 1.29 is 9.53 Å². The summed E-state index contributed by atoms with van der Waals surface area (Å²) in [4.78, 5) is 15.4. The quantitative estimate of drug-likeness (QED) is 0.698. The van der Waals surface area contributed by atoms with Crippen LogP contribution in [0.5, 0.6) is 0 Å². The Kier molecular flexibility index (Phi) is 2.48. The molecular weight excluding hydrogens is 222 g/mol. The number of esters is 1. The van der Waals surface area contributed by atoms with Gasteiger partial charge in [0.1, 0.15) is 12.1 Å². The Morgan fingerprint density at radius 2 is 2.44 bits per heavy atom. The second kappa shape index (κ2) is 3.86.